The molecular formula is C15H16F2N2. The molecule has 0 radical (unpaired) electrons. The van der Waals surface area contributed by atoms with Gasteiger partial charge in [-0.1, -0.05) is 36.4 Å². The van der Waals surface area contributed by atoms with Gasteiger partial charge in [-0.2, -0.15) is 0 Å². The van der Waals surface area contributed by atoms with Gasteiger partial charge in [0.1, 0.15) is 0 Å². The van der Waals surface area contributed by atoms with Gasteiger partial charge in [0, 0.05) is 6.04 Å². The summed E-state index contributed by atoms with van der Waals surface area (Å²) in [4.78, 5) is 0. The summed E-state index contributed by atoms with van der Waals surface area (Å²) in [5, 5.41) is 0. The van der Waals surface area contributed by atoms with E-state index in [-0.39, 0.29) is 6.04 Å². The lowest BCUT2D eigenvalue weighted by molar-refractivity contribution is 0.498. The highest BCUT2D eigenvalue weighted by Crippen LogP contribution is 2.12. The molecule has 1 atom stereocenters. The van der Waals surface area contributed by atoms with Gasteiger partial charge in [0.2, 0.25) is 0 Å². The average Bonchev–Trinajstić information content (AvgIpc) is 2.43. The van der Waals surface area contributed by atoms with Crippen LogP contribution < -0.4 is 11.3 Å². The Kier molecular flexibility index (Phi) is 4.60. The van der Waals surface area contributed by atoms with Gasteiger partial charge in [-0.15, -0.1) is 0 Å². The summed E-state index contributed by atoms with van der Waals surface area (Å²) in [5.74, 6) is 3.86. The van der Waals surface area contributed by atoms with Crippen LogP contribution in [0.4, 0.5) is 8.78 Å². The standard InChI is InChI=1S/C15H16F2N2/c16-14-7-6-12(10-15(14)17)9-13(19-18)8-11-4-2-1-3-5-11/h1-7,10,13,19H,8-9,18H2. The zero-order valence-corrected chi connectivity index (χ0v) is 10.4. The first kappa shape index (κ1) is 13.6. The van der Waals surface area contributed by atoms with Crippen molar-refractivity contribution in [2.24, 2.45) is 5.84 Å². The summed E-state index contributed by atoms with van der Waals surface area (Å²) < 4.78 is 26.0. The number of hydrogen-bond donors (Lipinski definition) is 2. The van der Waals surface area contributed by atoms with Crippen molar-refractivity contribution in [1.29, 1.82) is 0 Å². The van der Waals surface area contributed by atoms with E-state index in [0.717, 1.165) is 23.6 Å². The fourth-order valence-electron chi connectivity index (χ4n) is 2.04. The van der Waals surface area contributed by atoms with E-state index in [2.05, 4.69) is 5.43 Å². The minimum Gasteiger partial charge on any atom is -0.271 e. The van der Waals surface area contributed by atoms with E-state index in [0.29, 0.717) is 6.42 Å². The highest BCUT2D eigenvalue weighted by atomic mass is 19.2. The number of hydrazine groups is 1. The summed E-state index contributed by atoms with van der Waals surface area (Å²) in [6.45, 7) is 0. The smallest absolute Gasteiger partial charge is 0.159 e. The molecule has 4 heteroatoms. The van der Waals surface area contributed by atoms with Gasteiger partial charge in [-0.25, -0.2) is 8.78 Å². The molecule has 0 bridgehead atoms. The molecular weight excluding hydrogens is 246 g/mol. The second kappa shape index (κ2) is 6.41. The Bertz CT molecular complexity index is 529. The fraction of sp³-hybridized carbons (Fsp3) is 0.200. The summed E-state index contributed by atoms with van der Waals surface area (Å²) in [6.07, 6.45) is 1.28. The normalized spacial score (nSPS) is 12.4. The van der Waals surface area contributed by atoms with Crippen LogP contribution in [-0.2, 0) is 12.8 Å². The van der Waals surface area contributed by atoms with Gasteiger partial charge in [-0.3, -0.25) is 11.3 Å². The van der Waals surface area contributed by atoms with Crippen molar-refractivity contribution in [3.8, 4) is 0 Å². The SMILES string of the molecule is NNC(Cc1ccccc1)Cc1ccc(F)c(F)c1. The molecule has 2 nitrogen and oxygen atoms in total. The molecule has 2 rings (SSSR count). The lowest BCUT2D eigenvalue weighted by atomic mass is 9.99. The number of nitrogens with one attached hydrogen (secondary N) is 1. The second-order valence-electron chi connectivity index (χ2n) is 4.51. The Balaban J connectivity index is 2.04. The lowest BCUT2D eigenvalue weighted by Crippen LogP contribution is -2.38. The van der Waals surface area contributed by atoms with Crippen LogP contribution in [0.1, 0.15) is 11.1 Å². The Labute approximate surface area is 111 Å². The van der Waals surface area contributed by atoms with E-state index in [1.807, 2.05) is 30.3 Å². The van der Waals surface area contributed by atoms with Crippen molar-refractivity contribution in [2.75, 3.05) is 0 Å². The molecule has 0 saturated carbocycles. The summed E-state index contributed by atoms with van der Waals surface area (Å²) in [7, 11) is 0. The van der Waals surface area contributed by atoms with Crippen molar-refractivity contribution in [3.05, 3.63) is 71.3 Å². The van der Waals surface area contributed by atoms with Crippen molar-refractivity contribution in [1.82, 2.24) is 5.43 Å². The Hall–Kier alpha value is -1.78. The molecule has 1 unspecified atom stereocenters. The predicted octanol–water partition coefficient (Wildman–Crippen LogP) is 2.58. The minimum atomic E-state index is -0.830. The van der Waals surface area contributed by atoms with E-state index >= 15 is 0 Å². The zero-order chi connectivity index (χ0) is 13.7. The van der Waals surface area contributed by atoms with Crippen LogP contribution in [-0.4, -0.2) is 6.04 Å². The highest BCUT2D eigenvalue weighted by Gasteiger charge is 2.10. The first-order valence-corrected chi connectivity index (χ1v) is 6.13. The fourth-order valence-corrected chi connectivity index (χ4v) is 2.04. The van der Waals surface area contributed by atoms with E-state index in [1.54, 1.807) is 6.07 Å². The Morgan fingerprint density at radius 1 is 0.895 bits per heavy atom. The van der Waals surface area contributed by atoms with Crippen LogP contribution >= 0.6 is 0 Å². The lowest BCUT2D eigenvalue weighted by Gasteiger charge is -2.16. The monoisotopic (exact) mass is 262 g/mol. The maximum absolute atomic E-state index is 13.1. The third-order valence-corrected chi connectivity index (χ3v) is 3.03. The number of rotatable bonds is 5. The third kappa shape index (κ3) is 3.84. The summed E-state index contributed by atoms with van der Waals surface area (Å²) in [6, 6.07) is 13.8. The van der Waals surface area contributed by atoms with E-state index in [4.69, 9.17) is 5.84 Å². The molecule has 0 fully saturated rings. The zero-order valence-electron chi connectivity index (χ0n) is 10.4. The molecule has 0 heterocycles. The van der Waals surface area contributed by atoms with Gasteiger partial charge < -0.3 is 0 Å². The highest BCUT2D eigenvalue weighted by molar-refractivity contribution is 5.21. The van der Waals surface area contributed by atoms with Crippen LogP contribution in [0, 0.1) is 11.6 Å². The molecule has 0 aliphatic rings. The van der Waals surface area contributed by atoms with Crippen molar-refractivity contribution >= 4 is 0 Å². The van der Waals surface area contributed by atoms with Crippen LogP contribution in [0.15, 0.2) is 48.5 Å². The molecule has 0 saturated heterocycles. The molecule has 3 N–H and O–H groups in total. The van der Waals surface area contributed by atoms with Gasteiger partial charge in [-0.05, 0) is 36.1 Å². The van der Waals surface area contributed by atoms with Crippen LogP contribution in [0.5, 0.6) is 0 Å². The van der Waals surface area contributed by atoms with Crippen molar-refractivity contribution in [3.63, 3.8) is 0 Å². The molecule has 100 valence electrons. The number of hydrogen-bond acceptors (Lipinski definition) is 2. The largest absolute Gasteiger partial charge is 0.271 e. The molecule has 0 spiro atoms. The maximum atomic E-state index is 13.1. The van der Waals surface area contributed by atoms with E-state index in [1.165, 1.54) is 6.07 Å². The molecule has 0 aliphatic carbocycles. The summed E-state index contributed by atoms with van der Waals surface area (Å²) >= 11 is 0. The molecule has 0 aromatic heterocycles. The average molecular weight is 262 g/mol. The van der Waals surface area contributed by atoms with Crippen LogP contribution in [0.3, 0.4) is 0 Å². The summed E-state index contributed by atoms with van der Waals surface area (Å²) in [5.41, 5.74) is 4.58. The first-order valence-electron chi connectivity index (χ1n) is 6.13. The number of nitrogens with two attached hydrogens (primary N) is 1. The predicted molar refractivity (Wildman–Crippen MR) is 71.3 cm³/mol. The van der Waals surface area contributed by atoms with E-state index < -0.39 is 11.6 Å². The van der Waals surface area contributed by atoms with Crippen LogP contribution in [0.2, 0.25) is 0 Å². The first-order chi connectivity index (χ1) is 9.19. The second-order valence-corrected chi connectivity index (χ2v) is 4.51. The molecule has 2 aromatic carbocycles. The number of halogens is 2. The van der Waals surface area contributed by atoms with Gasteiger partial charge in [0.25, 0.3) is 0 Å². The van der Waals surface area contributed by atoms with Crippen LogP contribution in [0.25, 0.3) is 0 Å². The van der Waals surface area contributed by atoms with Gasteiger partial charge >= 0.3 is 0 Å². The Morgan fingerprint density at radius 2 is 1.58 bits per heavy atom. The molecule has 19 heavy (non-hydrogen) atoms. The quantitative estimate of drug-likeness (QED) is 0.642. The topological polar surface area (TPSA) is 38.0 Å². The van der Waals surface area contributed by atoms with E-state index in [9.17, 15) is 8.78 Å². The minimum absolute atomic E-state index is 0.0211. The molecule has 0 aliphatic heterocycles. The molecule has 0 amide bonds. The third-order valence-electron chi connectivity index (χ3n) is 3.03. The Morgan fingerprint density at radius 3 is 2.21 bits per heavy atom. The van der Waals surface area contributed by atoms with Gasteiger partial charge in [0.05, 0.1) is 0 Å². The van der Waals surface area contributed by atoms with Crippen molar-refractivity contribution < 1.29 is 8.78 Å². The number of benzene rings is 2. The van der Waals surface area contributed by atoms with Crippen molar-refractivity contribution in [2.45, 2.75) is 18.9 Å². The van der Waals surface area contributed by atoms with Gasteiger partial charge in [0.15, 0.2) is 11.6 Å². The maximum Gasteiger partial charge on any atom is 0.159 e. The molecule has 2 aromatic rings.